The molecule has 0 atom stereocenters. The zero-order valence-corrected chi connectivity index (χ0v) is 12.9. The zero-order chi connectivity index (χ0) is 15.4. The summed E-state index contributed by atoms with van der Waals surface area (Å²) in [6, 6.07) is 8.23. The topological polar surface area (TPSA) is 65.1 Å². The quantitative estimate of drug-likeness (QED) is 0.768. The third kappa shape index (κ3) is 3.50. The van der Waals surface area contributed by atoms with Gasteiger partial charge in [0.05, 0.1) is 5.60 Å². The molecule has 3 N–H and O–H groups in total. The minimum Gasteiger partial charge on any atom is -0.388 e. The summed E-state index contributed by atoms with van der Waals surface area (Å²) >= 11 is 0. The fourth-order valence-corrected chi connectivity index (χ4v) is 3.34. The molecule has 1 aliphatic rings. The first-order valence-electron chi connectivity index (χ1n) is 8.20. The number of H-pyrrole nitrogens is 1. The summed E-state index contributed by atoms with van der Waals surface area (Å²) in [5.74, 6) is 0.0418. The van der Waals surface area contributed by atoms with Crippen LogP contribution >= 0.6 is 0 Å². The Morgan fingerprint density at radius 3 is 2.86 bits per heavy atom. The molecule has 1 saturated carbocycles. The van der Waals surface area contributed by atoms with Crippen molar-refractivity contribution < 1.29 is 9.90 Å². The maximum Gasteiger partial charge on any atom is 0.220 e. The van der Waals surface area contributed by atoms with Crippen LogP contribution in [-0.2, 0) is 11.2 Å². The number of carbonyl (C=O) groups is 1. The van der Waals surface area contributed by atoms with Crippen molar-refractivity contribution in [1.29, 1.82) is 0 Å². The lowest BCUT2D eigenvalue weighted by Crippen LogP contribution is -2.40. The molecule has 22 heavy (non-hydrogen) atoms. The third-order valence-electron chi connectivity index (χ3n) is 4.67. The lowest BCUT2D eigenvalue weighted by Gasteiger charge is -2.22. The van der Waals surface area contributed by atoms with Crippen LogP contribution in [-0.4, -0.2) is 28.1 Å². The van der Waals surface area contributed by atoms with Crippen LogP contribution in [0.2, 0.25) is 0 Å². The number of aryl methyl sites for hydroxylation is 1. The number of nitrogens with one attached hydrogen (secondary N) is 2. The second-order valence-corrected chi connectivity index (χ2v) is 6.42. The smallest absolute Gasteiger partial charge is 0.220 e. The highest BCUT2D eigenvalue weighted by molar-refractivity contribution is 5.83. The van der Waals surface area contributed by atoms with Gasteiger partial charge in [0.2, 0.25) is 5.91 Å². The van der Waals surface area contributed by atoms with Crippen LogP contribution in [0.15, 0.2) is 30.5 Å². The lowest BCUT2D eigenvalue weighted by atomic mass is 10.0. The van der Waals surface area contributed by atoms with Gasteiger partial charge in [-0.3, -0.25) is 4.79 Å². The van der Waals surface area contributed by atoms with E-state index >= 15 is 0 Å². The second kappa shape index (κ2) is 6.53. The summed E-state index contributed by atoms with van der Waals surface area (Å²) in [5.41, 5.74) is 1.75. The van der Waals surface area contributed by atoms with Gasteiger partial charge in [-0.05, 0) is 37.3 Å². The van der Waals surface area contributed by atoms with Crippen molar-refractivity contribution >= 4 is 16.8 Å². The summed E-state index contributed by atoms with van der Waals surface area (Å²) in [7, 11) is 0. The summed E-state index contributed by atoms with van der Waals surface area (Å²) in [4.78, 5) is 15.2. The first-order valence-corrected chi connectivity index (χ1v) is 8.20. The maximum atomic E-state index is 11.9. The Hall–Kier alpha value is -1.81. The molecule has 0 radical (unpaired) electrons. The molecule has 1 fully saturated rings. The van der Waals surface area contributed by atoms with E-state index in [2.05, 4.69) is 22.4 Å². The van der Waals surface area contributed by atoms with Crippen LogP contribution < -0.4 is 5.32 Å². The number of benzene rings is 1. The maximum absolute atomic E-state index is 11.9. The number of para-hydroxylation sites is 1. The average molecular weight is 300 g/mol. The van der Waals surface area contributed by atoms with Crippen LogP contribution in [0.4, 0.5) is 0 Å². The van der Waals surface area contributed by atoms with Crippen LogP contribution in [0.5, 0.6) is 0 Å². The molecule has 1 amide bonds. The number of hydrogen-bond donors (Lipinski definition) is 3. The number of carbonyl (C=O) groups excluding carboxylic acids is 1. The Morgan fingerprint density at radius 2 is 2.05 bits per heavy atom. The number of amides is 1. The Morgan fingerprint density at radius 1 is 1.27 bits per heavy atom. The van der Waals surface area contributed by atoms with E-state index in [1.54, 1.807) is 0 Å². The molecule has 118 valence electrons. The highest BCUT2D eigenvalue weighted by Gasteiger charge is 2.31. The van der Waals surface area contributed by atoms with Crippen LogP contribution in [0.1, 0.15) is 44.1 Å². The van der Waals surface area contributed by atoms with E-state index in [0.29, 0.717) is 13.0 Å². The molecule has 0 spiro atoms. The van der Waals surface area contributed by atoms with Gasteiger partial charge in [-0.1, -0.05) is 31.0 Å². The second-order valence-electron chi connectivity index (χ2n) is 6.42. The first kappa shape index (κ1) is 15.1. The van der Waals surface area contributed by atoms with Gasteiger partial charge in [0, 0.05) is 30.1 Å². The van der Waals surface area contributed by atoms with E-state index < -0.39 is 5.60 Å². The van der Waals surface area contributed by atoms with Crippen molar-refractivity contribution in [2.24, 2.45) is 0 Å². The lowest BCUT2D eigenvalue weighted by molar-refractivity contribution is -0.122. The fourth-order valence-electron chi connectivity index (χ4n) is 3.34. The number of rotatable bonds is 6. The van der Waals surface area contributed by atoms with Crippen molar-refractivity contribution in [2.75, 3.05) is 6.54 Å². The van der Waals surface area contributed by atoms with Gasteiger partial charge in [0.25, 0.3) is 0 Å². The zero-order valence-electron chi connectivity index (χ0n) is 12.9. The van der Waals surface area contributed by atoms with E-state index in [4.69, 9.17) is 0 Å². The predicted octanol–water partition coefficient (Wildman–Crippen LogP) is 2.91. The van der Waals surface area contributed by atoms with Crippen molar-refractivity contribution in [2.45, 2.75) is 50.5 Å². The third-order valence-corrected chi connectivity index (χ3v) is 4.67. The van der Waals surface area contributed by atoms with Gasteiger partial charge in [0.15, 0.2) is 0 Å². The Bertz CT molecular complexity index is 641. The van der Waals surface area contributed by atoms with Crippen LogP contribution in [0, 0.1) is 0 Å². The standard InChI is InChI=1S/C18H24N2O2/c21-17(20-13-18(22)10-3-4-11-18)9-5-6-14-12-19-16-8-2-1-7-15(14)16/h1-2,7-8,12,19,22H,3-6,9-11,13H2,(H,20,21). The minimum atomic E-state index is -0.660. The number of fused-ring (bicyclic) bond motifs is 1. The van der Waals surface area contributed by atoms with Gasteiger partial charge in [-0.25, -0.2) is 0 Å². The molecule has 0 aliphatic heterocycles. The van der Waals surface area contributed by atoms with Crippen molar-refractivity contribution in [3.63, 3.8) is 0 Å². The summed E-state index contributed by atoms with van der Waals surface area (Å²) in [6.45, 7) is 0.402. The molecular formula is C18H24N2O2. The molecule has 2 aromatic rings. The van der Waals surface area contributed by atoms with Crippen molar-refractivity contribution in [3.8, 4) is 0 Å². The van der Waals surface area contributed by atoms with E-state index in [0.717, 1.165) is 44.0 Å². The Kier molecular flexibility index (Phi) is 4.48. The van der Waals surface area contributed by atoms with Gasteiger partial charge in [-0.15, -0.1) is 0 Å². The summed E-state index contributed by atoms with van der Waals surface area (Å²) in [5, 5.41) is 14.3. The molecule has 3 rings (SSSR count). The molecule has 0 saturated heterocycles. The average Bonchev–Trinajstić information content (AvgIpc) is 3.13. The van der Waals surface area contributed by atoms with E-state index in [-0.39, 0.29) is 5.91 Å². The van der Waals surface area contributed by atoms with Crippen LogP contribution in [0.3, 0.4) is 0 Å². The van der Waals surface area contributed by atoms with Gasteiger partial charge in [-0.2, -0.15) is 0 Å². The number of hydrogen-bond acceptors (Lipinski definition) is 2. The van der Waals surface area contributed by atoms with Crippen molar-refractivity contribution in [3.05, 3.63) is 36.0 Å². The van der Waals surface area contributed by atoms with E-state index in [1.165, 1.54) is 10.9 Å². The summed E-state index contributed by atoms with van der Waals surface area (Å²) in [6.07, 6.45) is 8.00. The SMILES string of the molecule is O=C(CCCc1c[nH]c2ccccc12)NCC1(O)CCCC1. The number of aromatic nitrogens is 1. The summed E-state index contributed by atoms with van der Waals surface area (Å²) < 4.78 is 0. The van der Waals surface area contributed by atoms with Gasteiger partial charge < -0.3 is 15.4 Å². The molecule has 0 unspecified atom stereocenters. The number of aliphatic hydroxyl groups is 1. The molecule has 0 bridgehead atoms. The van der Waals surface area contributed by atoms with Crippen LogP contribution in [0.25, 0.3) is 10.9 Å². The van der Waals surface area contributed by atoms with Gasteiger partial charge in [0.1, 0.15) is 0 Å². The molecule has 4 heteroatoms. The largest absolute Gasteiger partial charge is 0.388 e. The highest BCUT2D eigenvalue weighted by atomic mass is 16.3. The van der Waals surface area contributed by atoms with E-state index in [1.807, 2.05) is 18.3 Å². The predicted molar refractivity (Wildman–Crippen MR) is 87.7 cm³/mol. The monoisotopic (exact) mass is 300 g/mol. The minimum absolute atomic E-state index is 0.0418. The van der Waals surface area contributed by atoms with Gasteiger partial charge >= 0.3 is 0 Å². The Labute approximate surface area is 130 Å². The van der Waals surface area contributed by atoms with Crippen molar-refractivity contribution in [1.82, 2.24) is 10.3 Å². The Balaban J connectivity index is 1.43. The van der Waals surface area contributed by atoms with E-state index in [9.17, 15) is 9.90 Å². The molecule has 1 aromatic carbocycles. The number of aromatic amines is 1. The molecular weight excluding hydrogens is 276 g/mol. The molecule has 1 aromatic heterocycles. The highest BCUT2D eigenvalue weighted by Crippen LogP contribution is 2.28. The molecule has 4 nitrogen and oxygen atoms in total. The fraction of sp³-hybridized carbons (Fsp3) is 0.500. The normalized spacial score (nSPS) is 17.0. The molecule has 1 aliphatic carbocycles. The first-order chi connectivity index (χ1) is 10.7. The molecule has 1 heterocycles.